The van der Waals surface area contributed by atoms with Gasteiger partial charge in [-0.15, -0.1) is 0 Å². The maximum absolute atomic E-state index is 13.4. The number of benzene rings is 1. The lowest BCUT2D eigenvalue weighted by Crippen LogP contribution is -2.32. The largest absolute Gasteiger partial charge is 0.330 e. The van der Waals surface area contributed by atoms with Gasteiger partial charge in [0.2, 0.25) is 0 Å². The number of nitrogens with two attached hydrogens (primary N) is 1. The van der Waals surface area contributed by atoms with Crippen LogP contribution in [0.1, 0.15) is 36.8 Å². The highest BCUT2D eigenvalue weighted by Gasteiger charge is 2.35. The van der Waals surface area contributed by atoms with Gasteiger partial charge in [0.1, 0.15) is 5.82 Å². The molecule has 0 spiro atoms. The maximum Gasteiger partial charge on any atom is 0.137 e. The Hall–Kier alpha value is -0.410. The zero-order valence-corrected chi connectivity index (χ0v) is 11.1. The van der Waals surface area contributed by atoms with E-state index >= 15 is 0 Å². The van der Waals surface area contributed by atoms with Crippen LogP contribution in [0.2, 0.25) is 0 Å². The van der Waals surface area contributed by atoms with Crippen molar-refractivity contribution in [3.63, 3.8) is 0 Å². The Morgan fingerprint density at radius 2 is 2.00 bits per heavy atom. The molecule has 0 aliphatic heterocycles. The summed E-state index contributed by atoms with van der Waals surface area (Å²) in [6.07, 6.45) is 4.71. The van der Waals surface area contributed by atoms with Crippen LogP contribution < -0.4 is 5.73 Å². The molecule has 1 aliphatic carbocycles. The fourth-order valence-corrected chi connectivity index (χ4v) is 3.21. The molecule has 1 aromatic rings. The normalized spacial score (nSPS) is 19.0. The van der Waals surface area contributed by atoms with Crippen molar-refractivity contribution in [1.82, 2.24) is 0 Å². The van der Waals surface area contributed by atoms with E-state index in [1.54, 1.807) is 6.07 Å². The molecule has 1 aromatic carbocycles. The zero-order valence-electron chi connectivity index (χ0n) is 9.52. The van der Waals surface area contributed by atoms with Crippen LogP contribution in [0.5, 0.6) is 0 Å². The first-order valence-electron chi connectivity index (χ1n) is 5.76. The Kier molecular flexibility index (Phi) is 3.36. The molecular weight excluding hydrogens is 269 g/mol. The van der Waals surface area contributed by atoms with Crippen molar-refractivity contribution in [3.05, 3.63) is 33.5 Å². The standard InChI is InChI=1S/C13H17BrFN/c1-9-10(4-5-11(15)12(9)14)13(8-16)6-2-3-7-13/h4-5H,2-3,6-8,16H2,1H3. The van der Waals surface area contributed by atoms with Gasteiger partial charge in [-0.25, -0.2) is 4.39 Å². The minimum Gasteiger partial charge on any atom is -0.330 e. The molecule has 0 heterocycles. The van der Waals surface area contributed by atoms with E-state index in [9.17, 15) is 4.39 Å². The maximum atomic E-state index is 13.4. The molecule has 2 N–H and O–H groups in total. The van der Waals surface area contributed by atoms with Gasteiger partial charge in [0.25, 0.3) is 0 Å². The first kappa shape index (κ1) is 12.1. The van der Waals surface area contributed by atoms with Crippen molar-refractivity contribution in [2.45, 2.75) is 38.0 Å². The van der Waals surface area contributed by atoms with Crippen LogP contribution in [-0.4, -0.2) is 6.54 Å². The monoisotopic (exact) mass is 285 g/mol. The summed E-state index contributed by atoms with van der Waals surface area (Å²) in [5.74, 6) is -0.189. The SMILES string of the molecule is Cc1c(C2(CN)CCCC2)ccc(F)c1Br. The van der Waals surface area contributed by atoms with E-state index in [4.69, 9.17) is 5.73 Å². The highest BCUT2D eigenvalue weighted by Crippen LogP contribution is 2.43. The molecule has 1 fully saturated rings. The second-order valence-electron chi connectivity index (χ2n) is 4.73. The van der Waals surface area contributed by atoms with Crippen LogP contribution in [0.3, 0.4) is 0 Å². The second-order valence-corrected chi connectivity index (χ2v) is 5.52. The number of hydrogen-bond donors (Lipinski definition) is 1. The molecule has 1 aliphatic rings. The molecular formula is C13H17BrFN. The summed E-state index contributed by atoms with van der Waals surface area (Å²) in [6.45, 7) is 2.63. The van der Waals surface area contributed by atoms with Gasteiger partial charge in [-0.3, -0.25) is 0 Å². The number of halogens is 2. The lowest BCUT2D eigenvalue weighted by atomic mass is 9.77. The molecule has 88 valence electrons. The summed E-state index contributed by atoms with van der Waals surface area (Å²) in [4.78, 5) is 0. The summed E-state index contributed by atoms with van der Waals surface area (Å²) < 4.78 is 14.0. The van der Waals surface area contributed by atoms with Crippen LogP contribution in [0, 0.1) is 12.7 Å². The summed E-state index contributed by atoms with van der Waals surface area (Å²) in [6, 6.07) is 3.45. The number of hydrogen-bond acceptors (Lipinski definition) is 1. The van der Waals surface area contributed by atoms with Crippen LogP contribution >= 0.6 is 15.9 Å². The molecule has 0 aromatic heterocycles. The van der Waals surface area contributed by atoms with Gasteiger partial charge in [0.05, 0.1) is 4.47 Å². The average molecular weight is 286 g/mol. The molecule has 3 heteroatoms. The fraction of sp³-hybridized carbons (Fsp3) is 0.538. The van der Waals surface area contributed by atoms with E-state index in [-0.39, 0.29) is 11.2 Å². The molecule has 2 rings (SSSR count). The van der Waals surface area contributed by atoms with Gasteiger partial charge >= 0.3 is 0 Å². The molecule has 1 nitrogen and oxygen atoms in total. The van der Waals surface area contributed by atoms with Gasteiger partial charge in [0, 0.05) is 12.0 Å². The summed E-state index contributed by atoms with van der Waals surface area (Å²) in [5, 5.41) is 0. The quantitative estimate of drug-likeness (QED) is 0.882. The Bertz CT molecular complexity index is 397. The van der Waals surface area contributed by atoms with Crippen LogP contribution in [0.15, 0.2) is 16.6 Å². The Balaban J connectivity index is 2.51. The van der Waals surface area contributed by atoms with E-state index in [1.807, 2.05) is 13.0 Å². The Morgan fingerprint density at radius 3 is 2.56 bits per heavy atom. The summed E-state index contributed by atoms with van der Waals surface area (Å²) in [5.41, 5.74) is 8.26. The van der Waals surface area contributed by atoms with Crippen LogP contribution in [-0.2, 0) is 5.41 Å². The lowest BCUT2D eigenvalue weighted by molar-refractivity contribution is 0.449. The van der Waals surface area contributed by atoms with Crippen molar-refractivity contribution in [3.8, 4) is 0 Å². The van der Waals surface area contributed by atoms with Crippen molar-refractivity contribution >= 4 is 15.9 Å². The molecule has 0 unspecified atom stereocenters. The summed E-state index contributed by atoms with van der Waals surface area (Å²) >= 11 is 3.31. The predicted molar refractivity (Wildman–Crippen MR) is 68.0 cm³/mol. The minimum absolute atomic E-state index is 0.0836. The van der Waals surface area contributed by atoms with E-state index in [0.29, 0.717) is 11.0 Å². The average Bonchev–Trinajstić information content (AvgIpc) is 2.76. The third kappa shape index (κ3) is 1.80. The second kappa shape index (κ2) is 4.46. The van der Waals surface area contributed by atoms with Gasteiger partial charge in [-0.05, 0) is 52.9 Å². The first-order valence-corrected chi connectivity index (χ1v) is 6.55. The molecule has 0 radical (unpaired) electrons. The van der Waals surface area contributed by atoms with Gasteiger partial charge < -0.3 is 5.73 Å². The smallest absolute Gasteiger partial charge is 0.137 e. The van der Waals surface area contributed by atoms with Crippen molar-refractivity contribution in [2.75, 3.05) is 6.54 Å². The molecule has 0 amide bonds. The summed E-state index contributed by atoms with van der Waals surface area (Å²) in [7, 11) is 0. The van der Waals surface area contributed by atoms with E-state index in [1.165, 1.54) is 18.4 Å². The van der Waals surface area contributed by atoms with Crippen molar-refractivity contribution in [2.24, 2.45) is 5.73 Å². The predicted octanol–water partition coefficient (Wildman–Crippen LogP) is 3.67. The van der Waals surface area contributed by atoms with Crippen molar-refractivity contribution < 1.29 is 4.39 Å². The third-order valence-corrected chi connectivity index (χ3v) is 4.84. The first-order chi connectivity index (χ1) is 7.60. The zero-order chi connectivity index (χ0) is 11.8. The molecule has 1 saturated carbocycles. The van der Waals surface area contributed by atoms with Gasteiger partial charge in [-0.2, -0.15) is 0 Å². The number of rotatable bonds is 2. The fourth-order valence-electron chi connectivity index (χ4n) is 2.86. The van der Waals surface area contributed by atoms with E-state index < -0.39 is 0 Å². The van der Waals surface area contributed by atoms with Crippen LogP contribution in [0.4, 0.5) is 4.39 Å². The molecule has 0 atom stereocenters. The molecule has 0 saturated heterocycles. The van der Waals surface area contributed by atoms with E-state index in [0.717, 1.165) is 18.4 Å². The highest BCUT2D eigenvalue weighted by atomic mass is 79.9. The Labute approximate surface area is 104 Å². The third-order valence-electron chi connectivity index (χ3n) is 3.86. The van der Waals surface area contributed by atoms with Gasteiger partial charge in [0.15, 0.2) is 0 Å². The topological polar surface area (TPSA) is 26.0 Å². The minimum atomic E-state index is -0.189. The Morgan fingerprint density at radius 1 is 1.38 bits per heavy atom. The van der Waals surface area contributed by atoms with Crippen LogP contribution in [0.25, 0.3) is 0 Å². The molecule has 16 heavy (non-hydrogen) atoms. The van der Waals surface area contributed by atoms with Gasteiger partial charge in [-0.1, -0.05) is 18.9 Å². The highest BCUT2D eigenvalue weighted by molar-refractivity contribution is 9.10. The lowest BCUT2D eigenvalue weighted by Gasteiger charge is -2.30. The molecule has 0 bridgehead atoms. The van der Waals surface area contributed by atoms with E-state index in [2.05, 4.69) is 15.9 Å². The van der Waals surface area contributed by atoms with Crippen molar-refractivity contribution in [1.29, 1.82) is 0 Å².